The number of H-pyrrole nitrogens is 1. The lowest BCUT2D eigenvalue weighted by Gasteiger charge is -2.13. The number of nitrogens with zero attached hydrogens (tertiary/aromatic N) is 1. The molecular weight excluding hydrogens is 236 g/mol. The Bertz CT molecular complexity index is 661. The Morgan fingerprint density at radius 3 is 2.53 bits per heavy atom. The van der Waals surface area contributed by atoms with Gasteiger partial charge in [-0.3, -0.25) is 5.10 Å². The molecule has 96 valence electrons. The zero-order valence-corrected chi connectivity index (χ0v) is 10.6. The highest BCUT2D eigenvalue weighted by molar-refractivity contribution is 5.81. The Labute approximate surface area is 111 Å². The first-order chi connectivity index (χ1) is 9.38. The molecule has 2 aromatic carbocycles. The number of aliphatic hydroxyl groups excluding tert-OH is 1. The molecule has 2 N–H and O–H groups in total. The predicted molar refractivity (Wildman–Crippen MR) is 76.1 cm³/mol. The Morgan fingerprint density at radius 1 is 1.00 bits per heavy atom. The lowest BCUT2D eigenvalue weighted by Crippen LogP contribution is -2.08. The number of aromatic nitrogens is 2. The van der Waals surface area contributed by atoms with Gasteiger partial charge in [-0.05, 0) is 18.1 Å². The van der Waals surface area contributed by atoms with Crippen LogP contribution in [0, 0.1) is 0 Å². The minimum Gasteiger partial charge on any atom is -0.396 e. The van der Waals surface area contributed by atoms with Crippen molar-refractivity contribution >= 4 is 10.9 Å². The largest absolute Gasteiger partial charge is 0.396 e. The Kier molecular flexibility index (Phi) is 3.29. The first kappa shape index (κ1) is 11.9. The van der Waals surface area contributed by atoms with Crippen molar-refractivity contribution in [3.63, 3.8) is 0 Å². The van der Waals surface area contributed by atoms with Crippen LogP contribution in [0.4, 0.5) is 0 Å². The van der Waals surface area contributed by atoms with Crippen LogP contribution in [0.2, 0.25) is 0 Å². The van der Waals surface area contributed by atoms with Crippen LogP contribution in [0.1, 0.15) is 17.2 Å². The molecule has 3 nitrogen and oxygen atoms in total. The summed E-state index contributed by atoms with van der Waals surface area (Å²) in [6.07, 6.45) is 0.765. The predicted octanol–water partition coefficient (Wildman–Crippen LogP) is 2.88. The molecule has 0 bridgehead atoms. The van der Waals surface area contributed by atoms with Crippen LogP contribution in [-0.4, -0.2) is 21.9 Å². The normalized spacial score (nSPS) is 12.7. The average molecular weight is 252 g/mol. The number of aliphatic hydroxyl groups is 1. The SMILES string of the molecule is OCC(Cc1[nH]nc2ccccc12)c1ccccc1. The van der Waals surface area contributed by atoms with E-state index >= 15 is 0 Å². The number of fused-ring (bicyclic) bond motifs is 1. The number of hydrogen-bond acceptors (Lipinski definition) is 2. The maximum Gasteiger partial charge on any atom is 0.0923 e. The van der Waals surface area contributed by atoms with Crippen LogP contribution in [0.25, 0.3) is 10.9 Å². The molecule has 0 fully saturated rings. The standard InChI is InChI=1S/C16H16N2O/c19-11-13(12-6-2-1-3-7-12)10-16-14-8-4-5-9-15(14)17-18-16/h1-9,13,19H,10-11H2,(H,17,18). The van der Waals surface area contributed by atoms with Gasteiger partial charge in [-0.15, -0.1) is 0 Å². The van der Waals surface area contributed by atoms with Crippen molar-refractivity contribution in [1.29, 1.82) is 0 Å². The third-order valence-electron chi connectivity index (χ3n) is 3.48. The highest BCUT2D eigenvalue weighted by atomic mass is 16.3. The van der Waals surface area contributed by atoms with Crippen LogP contribution in [0.3, 0.4) is 0 Å². The molecule has 3 rings (SSSR count). The summed E-state index contributed by atoms with van der Waals surface area (Å²) in [6, 6.07) is 18.2. The van der Waals surface area contributed by atoms with Gasteiger partial charge in [-0.25, -0.2) is 0 Å². The molecule has 19 heavy (non-hydrogen) atoms. The molecule has 0 amide bonds. The highest BCUT2D eigenvalue weighted by Crippen LogP contribution is 2.23. The summed E-state index contributed by atoms with van der Waals surface area (Å²) in [4.78, 5) is 0. The second-order valence-electron chi connectivity index (χ2n) is 4.71. The fourth-order valence-electron chi connectivity index (χ4n) is 2.43. The van der Waals surface area contributed by atoms with Crippen molar-refractivity contribution in [1.82, 2.24) is 10.2 Å². The maximum absolute atomic E-state index is 9.62. The quantitative estimate of drug-likeness (QED) is 0.750. The number of hydrogen-bond donors (Lipinski definition) is 2. The monoisotopic (exact) mass is 252 g/mol. The lowest BCUT2D eigenvalue weighted by molar-refractivity contribution is 0.264. The third kappa shape index (κ3) is 2.37. The van der Waals surface area contributed by atoms with Gasteiger partial charge in [0, 0.05) is 17.0 Å². The summed E-state index contributed by atoms with van der Waals surface area (Å²) in [7, 11) is 0. The van der Waals surface area contributed by atoms with E-state index in [1.165, 1.54) is 0 Å². The van der Waals surface area contributed by atoms with E-state index in [9.17, 15) is 5.11 Å². The molecule has 3 aromatic rings. The summed E-state index contributed by atoms with van der Waals surface area (Å²) in [5.41, 5.74) is 3.21. The fraction of sp³-hybridized carbons (Fsp3) is 0.188. The van der Waals surface area contributed by atoms with Crippen molar-refractivity contribution in [2.75, 3.05) is 6.61 Å². The third-order valence-corrected chi connectivity index (χ3v) is 3.48. The van der Waals surface area contributed by atoms with Crippen LogP contribution < -0.4 is 0 Å². The van der Waals surface area contributed by atoms with E-state index in [-0.39, 0.29) is 12.5 Å². The van der Waals surface area contributed by atoms with Gasteiger partial charge in [0.15, 0.2) is 0 Å². The molecule has 0 aliphatic carbocycles. The molecule has 0 spiro atoms. The van der Waals surface area contributed by atoms with Gasteiger partial charge >= 0.3 is 0 Å². The van der Waals surface area contributed by atoms with Gasteiger partial charge < -0.3 is 5.11 Å². The van der Waals surface area contributed by atoms with Crippen molar-refractivity contribution in [3.05, 3.63) is 65.9 Å². The van der Waals surface area contributed by atoms with Crippen molar-refractivity contribution in [3.8, 4) is 0 Å². The van der Waals surface area contributed by atoms with Crippen LogP contribution in [0.5, 0.6) is 0 Å². The molecule has 0 saturated carbocycles. The van der Waals surface area contributed by atoms with Crippen LogP contribution in [0.15, 0.2) is 54.6 Å². The number of nitrogens with one attached hydrogen (secondary N) is 1. The van der Waals surface area contributed by atoms with E-state index in [4.69, 9.17) is 0 Å². The first-order valence-electron chi connectivity index (χ1n) is 6.46. The number of rotatable bonds is 4. The van der Waals surface area contributed by atoms with E-state index in [0.717, 1.165) is 28.6 Å². The second-order valence-corrected chi connectivity index (χ2v) is 4.71. The fourth-order valence-corrected chi connectivity index (χ4v) is 2.43. The van der Waals surface area contributed by atoms with Gasteiger partial charge in [-0.1, -0.05) is 48.5 Å². The number of para-hydroxylation sites is 1. The Balaban J connectivity index is 1.91. The summed E-state index contributed by atoms with van der Waals surface area (Å²) in [5.74, 6) is 0.102. The average Bonchev–Trinajstić information content (AvgIpc) is 2.89. The van der Waals surface area contributed by atoms with E-state index in [1.807, 2.05) is 36.4 Å². The first-order valence-corrected chi connectivity index (χ1v) is 6.46. The maximum atomic E-state index is 9.62. The number of benzene rings is 2. The van der Waals surface area contributed by atoms with E-state index in [0.29, 0.717) is 0 Å². The zero-order valence-electron chi connectivity index (χ0n) is 10.6. The summed E-state index contributed by atoms with van der Waals surface area (Å²) in [5, 5.41) is 18.1. The van der Waals surface area contributed by atoms with Gasteiger partial charge in [-0.2, -0.15) is 5.10 Å². The minimum atomic E-state index is 0.102. The smallest absolute Gasteiger partial charge is 0.0923 e. The second kappa shape index (κ2) is 5.24. The Morgan fingerprint density at radius 2 is 1.74 bits per heavy atom. The van der Waals surface area contributed by atoms with E-state index < -0.39 is 0 Å². The van der Waals surface area contributed by atoms with Crippen LogP contribution >= 0.6 is 0 Å². The number of aromatic amines is 1. The zero-order chi connectivity index (χ0) is 13.1. The van der Waals surface area contributed by atoms with Crippen molar-refractivity contribution in [2.45, 2.75) is 12.3 Å². The van der Waals surface area contributed by atoms with Gasteiger partial charge in [0.2, 0.25) is 0 Å². The molecule has 0 aliphatic heterocycles. The summed E-state index contributed by atoms with van der Waals surface area (Å²) >= 11 is 0. The van der Waals surface area contributed by atoms with Gasteiger partial charge in [0.05, 0.1) is 12.1 Å². The molecule has 0 aliphatic rings. The van der Waals surface area contributed by atoms with Crippen molar-refractivity contribution in [2.24, 2.45) is 0 Å². The summed E-state index contributed by atoms with van der Waals surface area (Å²) in [6.45, 7) is 0.136. The van der Waals surface area contributed by atoms with E-state index in [2.05, 4.69) is 28.4 Å². The molecule has 0 radical (unpaired) electrons. The molecule has 1 unspecified atom stereocenters. The van der Waals surface area contributed by atoms with Crippen LogP contribution in [-0.2, 0) is 6.42 Å². The molecule has 1 aromatic heterocycles. The minimum absolute atomic E-state index is 0.102. The van der Waals surface area contributed by atoms with Gasteiger partial charge in [0.25, 0.3) is 0 Å². The topological polar surface area (TPSA) is 48.9 Å². The lowest BCUT2D eigenvalue weighted by atomic mass is 9.94. The summed E-state index contributed by atoms with van der Waals surface area (Å²) < 4.78 is 0. The highest BCUT2D eigenvalue weighted by Gasteiger charge is 2.14. The molecule has 1 atom stereocenters. The molecule has 0 saturated heterocycles. The Hall–Kier alpha value is -2.13. The molecule has 3 heteroatoms. The molecular formula is C16H16N2O. The molecule has 1 heterocycles. The van der Waals surface area contributed by atoms with Crippen molar-refractivity contribution < 1.29 is 5.11 Å². The van der Waals surface area contributed by atoms with E-state index in [1.54, 1.807) is 0 Å². The van der Waals surface area contributed by atoms with Gasteiger partial charge in [0.1, 0.15) is 0 Å².